The maximum atomic E-state index is 5.25. The van der Waals surface area contributed by atoms with E-state index in [2.05, 4.69) is 41.5 Å². The molecule has 0 radical (unpaired) electrons. The van der Waals surface area contributed by atoms with Crippen molar-refractivity contribution < 1.29 is 4.42 Å². The summed E-state index contributed by atoms with van der Waals surface area (Å²) >= 11 is 0. The minimum atomic E-state index is 0.572. The van der Waals surface area contributed by atoms with Crippen molar-refractivity contribution in [3.63, 3.8) is 0 Å². The lowest BCUT2D eigenvalue weighted by atomic mass is 10.1. The highest BCUT2D eigenvalue weighted by Crippen LogP contribution is 2.30. The third kappa shape index (κ3) is 2.62. The van der Waals surface area contributed by atoms with E-state index in [4.69, 9.17) is 4.42 Å². The predicted molar refractivity (Wildman–Crippen MR) is 74.9 cm³/mol. The second-order valence-corrected chi connectivity index (χ2v) is 5.53. The van der Waals surface area contributed by atoms with Gasteiger partial charge in [0.1, 0.15) is 0 Å². The van der Waals surface area contributed by atoms with Crippen LogP contribution in [0.4, 0.5) is 5.69 Å². The minimum Gasteiger partial charge on any atom is -0.423 e. The lowest BCUT2D eigenvalue weighted by molar-refractivity contribution is 0.568. The normalized spacial score (nSPS) is 22.6. The molecule has 4 heteroatoms. The van der Waals surface area contributed by atoms with Crippen molar-refractivity contribution in [2.24, 2.45) is 5.92 Å². The SMILES string of the molecule is Cc1ccc(-c2nnco2)cc1NC1CCC(C)C1. The summed E-state index contributed by atoms with van der Waals surface area (Å²) < 4.78 is 5.25. The van der Waals surface area contributed by atoms with Gasteiger partial charge in [0.25, 0.3) is 0 Å². The van der Waals surface area contributed by atoms with Gasteiger partial charge in [-0.25, -0.2) is 0 Å². The fraction of sp³-hybridized carbons (Fsp3) is 0.467. The fourth-order valence-electron chi connectivity index (χ4n) is 2.77. The summed E-state index contributed by atoms with van der Waals surface area (Å²) in [4.78, 5) is 0. The van der Waals surface area contributed by atoms with Gasteiger partial charge < -0.3 is 9.73 Å². The molecular formula is C15H19N3O. The van der Waals surface area contributed by atoms with Crippen LogP contribution < -0.4 is 5.32 Å². The summed E-state index contributed by atoms with van der Waals surface area (Å²) in [6.07, 6.45) is 5.19. The van der Waals surface area contributed by atoms with Gasteiger partial charge in [0, 0.05) is 17.3 Å². The first-order valence-electron chi connectivity index (χ1n) is 6.86. The van der Waals surface area contributed by atoms with Gasteiger partial charge in [0.15, 0.2) is 0 Å². The Hall–Kier alpha value is -1.84. The van der Waals surface area contributed by atoms with Gasteiger partial charge in [-0.3, -0.25) is 0 Å². The maximum absolute atomic E-state index is 5.25. The van der Waals surface area contributed by atoms with Crippen LogP contribution >= 0.6 is 0 Å². The number of anilines is 1. The topological polar surface area (TPSA) is 51.0 Å². The van der Waals surface area contributed by atoms with E-state index in [1.54, 1.807) is 0 Å². The second kappa shape index (κ2) is 5.03. The van der Waals surface area contributed by atoms with Crippen LogP contribution in [0.2, 0.25) is 0 Å². The summed E-state index contributed by atoms with van der Waals surface area (Å²) in [7, 11) is 0. The molecule has 0 spiro atoms. The van der Waals surface area contributed by atoms with Crippen LogP contribution in [-0.4, -0.2) is 16.2 Å². The van der Waals surface area contributed by atoms with Crippen LogP contribution in [0, 0.1) is 12.8 Å². The van der Waals surface area contributed by atoms with Gasteiger partial charge in [-0.05, 0) is 49.8 Å². The molecule has 100 valence electrons. The Labute approximate surface area is 113 Å². The molecule has 1 aliphatic carbocycles. The zero-order chi connectivity index (χ0) is 13.2. The average molecular weight is 257 g/mol. The lowest BCUT2D eigenvalue weighted by Crippen LogP contribution is -2.16. The smallest absolute Gasteiger partial charge is 0.247 e. The molecule has 2 unspecified atom stereocenters. The van der Waals surface area contributed by atoms with Crippen LogP contribution in [0.25, 0.3) is 11.5 Å². The van der Waals surface area contributed by atoms with Crippen molar-refractivity contribution in [1.29, 1.82) is 0 Å². The summed E-state index contributed by atoms with van der Waals surface area (Å²) in [5, 5.41) is 11.3. The van der Waals surface area contributed by atoms with Gasteiger partial charge >= 0.3 is 0 Å². The molecule has 1 N–H and O–H groups in total. The molecule has 1 aromatic carbocycles. The molecule has 0 saturated heterocycles. The molecule has 0 aliphatic heterocycles. The van der Waals surface area contributed by atoms with Crippen LogP contribution in [0.1, 0.15) is 31.7 Å². The van der Waals surface area contributed by atoms with E-state index in [9.17, 15) is 0 Å². The van der Waals surface area contributed by atoms with E-state index < -0.39 is 0 Å². The Balaban J connectivity index is 1.82. The molecule has 1 saturated carbocycles. The summed E-state index contributed by atoms with van der Waals surface area (Å²) in [6, 6.07) is 6.81. The van der Waals surface area contributed by atoms with Gasteiger partial charge in [-0.15, -0.1) is 10.2 Å². The third-order valence-electron chi connectivity index (χ3n) is 3.90. The molecular weight excluding hydrogens is 238 g/mol. The van der Waals surface area contributed by atoms with Crippen molar-refractivity contribution in [3.05, 3.63) is 30.2 Å². The highest BCUT2D eigenvalue weighted by Gasteiger charge is 2.21. The quantitative estimate of drug-likeness (QED) is 0.912. The Kier molecular flexibility index (Phi) is 3.23. The Morgan fingerprint density at radius 2 is 2.21 bits per heavy atom. The number of rotatable bonds is 3. The fourth-order valence-corrected chi connectivity index (χ4v) is 2.77. The molecule has 0 amide bonds. The van der Waals surface area contributed by atoms with Crippen LogP contribution in [0.3, 0.4) is 0 Å². The first-order valence-corrected chi connectivity index (χ1v) is 6.86. The number of aromatic nitrogens is 2. The van der Waals surface area contributed by atoms with E-state index in [0.717, 1.165) is 11.5 Å². The van der Waals surface area contributed by atoms with Crippen molar-refractivity contribution in [2.75, 3.05) is 5.32 Å². The van der Waals surface area contributed by atoms with Crippen LogP contribution in [0.5, 0.6) is 0 Å². The zero-order valence-corrected chi connectivity index (χ0v) is 11.4. The number of hydrogen-bond donors (Lipinski definition) is 1. The Morgan fingerprint density at radius 3 is 2.89 bits per heavy atom. The van der Waals surface area contributed by atoms with Crippen molar-refractivity contribution in [1.82, 2.24) is 10.2 Å². The second-order valence-electron chi connectivity index (χ2n) is 5.53. The molecule has 19 heavy (non-hydrogen) atoms. The van der Waals surface area contributed by atoms with E-state index in [-0.39, 0.29) is 0 Å². The summed E-state index contributed by atoms with van der Waals surface area (Å²) in [6.45, 7) is 4.45. The van der Waals surface area contributed by atoms with Gasteiger partial charge in [0.2, 0.25) is 12.3 Å². The van der Waals surface area contributed by atoms with Crippen molar-refractivity contribution in [3.8, 4) is 11.5 Å². The molecule has 2 aromatic rings. The van der Waals surface area contributed by atoms with Crippen molar-refractivity contribution >= 4 is 5.69 Å². The molecule has 1 heterocycles. The van der Waals surface area contributed by atoms with E-state index >= 15 is 0 Å². The first kappa shape index (κ1) is 12.2. The molecule has 3 rings (SSSR count). The number of nitrogens with one attached hydrogen (secondary N) is 1. The predicted octanol–water partition coefficient (Wildman–Crippen LogP) is 3.65. The van der Waals surface area contributed by atoms with Gasteiger partial charge in [0.05, 0.1) is 0 Å². The highest BCUT2D eigenvalue weighted by molar-refractivity contribution is 5.64. The molecule has 1 aliphatic rings. The maximum Gasteiger partial charge on any atom is 0.247 e. The highest BCUT2D eigenvalue weighted by atomic mass is 16.4. The minimum absolute atomic E-state index is 0.572. The first-order chi connectivity index (χ1) is 9.22. The van der Waals surface area contributed by atoms with Gasteiger partial charge in [-0.1, -0.05) is 13.0 Å². The molecule has 1 fully saturated rings. The molecule has 2 atom stereocenters. The Morgan fingerprint density at radius 1 is 1.32 bits per heavy atom. The number of hydrogen-bond acceptors (Lipinski definition) is 4. The van der Waals surface area contributed by atoms with E-state index in [1.807, 2.05) is 6.07 Å². The zero-order valence-electron chi connectivity index (χ0n) is 11.4. The molecule has 1 aromatic heterocycles. The third-order valence-corrected chi connectivity index (χ3v) is 3.90. The summed E-state index contributed by atoms with van der Waals surface area (Å²) in [5.41, 5.74) is 3.40. The lowest BCUT2D eigenvalue weighted by Gasteiger charge is -2.16. The number of nitrogens with zero attached hydrogens (tertiary/aromatic N) is 2. The standard InChI is InChI=1S/C15H19N3O/c1-10-3-6-13(7-10)17-14-8-12(5-4-11(14)2)15-18-16-9-19-15/h4-5,8-10,13,17H,3,6-7H2,1-2H3. The molecule has 4 nitrogen and oxygen atoms in total. The molecule has 0 bridgehead atoms. The van der Waals surface area contributed by atoms with E-state index in [1.165, 1.54) is 36.9 Å². The van der Waals surface area contributed by atoms with E-state index in [0.29, 0.717) is 11.9 Å². The Bertz CT molecular complexity index is 551. The van der Waals surface area contributed by atoms with Gasteiger partial charge in [-0.2, -0.15) is 0 Å². The number of aryl methyl sites for hydroxylation is 1. The largest absolute Gasteiger partial charge is 0.423 e. The van der Waals surface area contributed by atoms with Crippen LogP contribution in [-0.2, 0) is 0 Å². The number of benzene rings is 1. The average Bonchev–Trinajstić information content (AvgIpc) is 3.04. The van der Waals surface area contributed by atoms with Crippen molar-refractivity contribution in [2.45, 2.75) is 39.2 Å². The van der Waals surface area contributed by atoms with Crippen LogP contribution in [0.15, 0.2) is 29.0 Å². The summed E-state index contributed by atoms with van der Waals surface area (Å²) in [5.74, 6) is 1.40. The monoisotopic (exact) mass is 257 g/mol.